The van der Waals surface area contributed by atoms with E-state index < -0.39 is 0 Å². The molecule has 0 bridgehead atoms. The van der Waals surface area contributed by atoms with E-state index in [9.17, 15) is 4.79 Å². The lowest BCUT2D eigenvalue weighted by Gasteiger charge is -2.36. The van der Waals surface area contributed by atoms with Gasteiger partial charge in [-0.15, -0.1) is 0 Å². The maximum Gasteiger partial charge on any atom is 0.220 e. The molecule has 2 N–H and O–H groups in total. The molecule has 25 heavy (non-hydrogen) atoms. The first kappa shape index (κ1) is 18.4. The summed E-state index contributed by atoms with van der Waals surface area (Å²) in [6.07, 6.45) is 6.33. The van der Waals surface area contributed by atoms with Crippen molar-refractivity contribution in [3.8, 4) is 0 Å². The summed E-state index contributed by atoms with van der Waals surface area (Å²) in [7, 11) is 0. The fourth-order valence-corrected chi connectivity index (χ4v) is 4.18. The van der Waals surface area contributed by atoms with E-state index in [1.807, 2.05) is 0 Å². The Hall–Kier alpha value is -1.39. The highest BCUT2D eigenvalue weighted by Gasteiger charge is 2.24. The van der Waals surface area contributed by atoms with Crippen molar-refractivity contribution < 1.29 is 4.79 Å². The molecule has 1 aromatic carbocycles. The molecular formula is C21H33N3O. The van der Waals surface area contributed by atoms with E-state index in [-0.39, 0.29) is 5.91 Å². The second-order valence-corrected chi connectivity index (χ2v) is 7.70. The van der Waals surface area contributed by atoms with Crippen molar-refractivity contribution in [2.24, 2.45) is 5.92 Å². The van der Waals surface area contributed by atoms with Crippen LogP contribution in [0.4, 0.5) is 0 Å². The normalized spacial score (nSPS) is 21.8. The number of piperidine rings is 2. The number of amides is 1. The van der Waals surface area contributed by atoms with Crippen molar-refractivity contribution in [2.45, 2.75) is 57.5 Å². The van der Waals surface area contributed by atoms with Gasteiger partial charge in [-0.25, -0.2) is 0 Å². The number of hydrogen-bond donors (Lipinski definition) is 2. The van der Waals surface area contributed by atoms with Crippen LogP contribution in [0.5, 0.6) is 0 Å². The number of carbonyl (C=O) groups is 1. The van der Waals surface area contributed by atoms with Crippen molar-refractivity contribution in [1.82, 2.24) is 15.5 Å². The Morgan fingerprint density at radius 3 is 2.52 bits per heavy atom. The van der Waals surface area contributed by atoms with Crippen molar-refractivity contribution in [1.29, 1.82) is 0 Å². The van der Waals surface area contributed by atoms with Gasteiger partial charge in [-0.05, 0) is 63.6 Å². The third-order valence-corrected chi connectivity index (χ3v) is 5.96. The van der Waals surface area contributed by atoms with Crippen LogP contribution in [0.15, 0.2) is 30.3 Å². The molecule has 1 amide bonds. The maximum absolute atomic E-state index is 12.3. The smallest absolute Gasteiger partial charge is 0.220 e. The van der Waals surface area contributed by atoms with Crippen molar-refractivity contribution in [2.75, 3.05) is 26.2 Å². The minimum Gasteiger partial charge on any atom is -0.353 e. The lowest BCUT2D eigenvalue weighted by Crippen LogP contribution is -2.45. The van der Waals surface area contributed by atoms with Gasteiger partial charge >= 0.3 is 0 Å². The Balaban J connectivity index is 1.36. The van der Waals surface area contributed by atoms with Crippen LogP contribution in [0.2, 0.25) is 0 Å². The van der Waals surface area contributed by atoms with E-state index in [0.29, 0.717) is 18.5 Å². The summed E-state index contributed by atoms with van der Waals surface area (Å²) in [5.74, 6) is 0.994. The van der Waals surface area contributed by atoms with E-state index in [2.05, 4.69) is 52.8 Å². The highest BCUT2D eigenvalue weighted by molar-refractivity contribution is 5.76. The van der Waals surface area contributed by atoms with Crippen LogP contribution in [0, 0.1) is 5.92 Å². The highest BCUT2D eigenvalue weighted by atomic mass is 16.1. The number of nitrogens with one attached hydrogen (secondary N) is 2. The minimum absolute atomic E-state index is 0.257. The second kappa shape index (κ2) is 9.35. The molecule has 0 radical (unpaired) electrons. The summed E-state index contributed by atoms with van der Waals surface area (Å²) < 4.78 is 0. The third-order valence-electron chi connectivity index (χ3n) is 5.96. The molecule has 0 aliphatic carbocycles. The lowest BCUT2D eigenvalue weighted by atomic mass is 9.93. The monoisotopic (exact) mass is 343 g/mol. The number of rotatable bonds is 6. The zero-order chi connectivity index (χ0) is 17.5. The van der Waals surface area contributed by atoms with Gasteiger partial charge in [-0.1, -0.05) is 30.3 Å². The zero-order valence-corrected chi connectivity index (χ0v) is 15.5. The molecule has 1 aromatic rings. The molecule has 2 heterocycles. The first-order valence-corrected chi connectivity index (χ1v) is 10.0. The molecule has 0 spiro atoms. The predicted octanol–water partition coefficient (Wildman–Crippen LogP) is 3.11. The second-order valence-electron chi connectivity index (χ2n) is 7.70. The number of hydrogen-bond acceptors (Lipinski definition) is 3. The Morgan fingerprint density at radius 1 is 1.16 bits per heavy atom. The average Bonchev–Trinajstić information content (AvgIpc) is 2.68. The summed E-state index contributed by atoms with van der Waals surface area (Å²) in [5, 5.41) is 6.66. The first-order valence-electron chi connectivity index (χ1n) is 10.0. The van der Waals surface area contributed by atoms with E-state index in [1.54, 1.807) is 0 Å². The van der Waals surface area contributed by atoms with Gasteiger partial charge in [0.05, 0.1) is 0 Å². The van der Waals surface area contributed by atoms with Crippen molar-refractivity contribution >= 4 is 5.91 Å². The summed E-state index contributed by atoms with van der Waals surface area (Å²) in [6, 6.07) is 11.5. The molecule has 0 aromatic heterocycles. The largest absolute Gasteiger partial charge is 0.353 e. The number of carbonyl (C=O) groups excluding carboxylic acids is 1. The molecule has 2 aliphatic heterocycles. The molecule has 0 saturated carbocycles. The van der Waals surface area contributed by atoms with E-state index in [0.717, 1.165) is 51.4 Å². The fraction of sp³-hybridized carbons (Fsp3) is 0.667. The van der Waals surface area contributed by atoms with Crippen molar-refractivity contribution in [3.63, 3.8) is 0 Å². The van der Waals surface area contributed by atoms with Gasteiger partial charge in [0.2, 0.25) is 5.91 Å². The molecular weight excluding hydrogens is 310 g/mol. The van der Waals surface area contributed by atoms with Crippen LogP contribution in [-0.4, -0.2) is 43.0 Å². The molecule has 1 unspecified atom stereocenters. The topological polar surface area (TPSA) is 44.4 Å². The highest BCUT2D eigenvalue weighted by Crippen LogP contribution is 2.24. The first-order chi connectivity index (χ1) is 12.2. The standard InChI is InChI=1S/C21H33N3O/c1-17(19-5-3-2-4-6-19)24-15-11-20(12-16-24)23-21(25)8-7-18-9-13-22-14-10-18/h2-6,17-18,20,22H,7-16H2,1H3,(H,23,25). The van der Waals surface area contributed by atoms with Gasteiger partial charge in [0.15, 0.2) is 0 Å². The Kier molecular flexibility index (Phi) is 6.88. The van der Waals surface area contributed by atoms with E-state index in [4.69, 9.17) is 0 Å². The molecule has 2 fully saturated rings. The summed E-state index contributed by atoms with van der Waals surface area (Å²) in [6.45, 7) is 6.65. The quantitative estimate of drug-likeness (QED) is 0.834. The van der Waals surface area contributed by atoms with Crippen LogP contribution >= 0.6 is 0 Å². The van der Waals surface area contributed by atoms with Gasteiger partial charge in [-0.3, -0.25) is 9.69 Å². The maximum atomic E-state index is 12.3. The third kappa shape index (κ3) is 5.55. The molecule has 138 valence electrons. The number of benzene rings is 1. The summed E-state index contributed by atoms with van der Waals surface area (Å²) in [4.78, 5) is 14.8. The summed E-state index contributed by atoms with van der Waals surface area (Å²) in [5.41, 5.74) is 1.38. The van der Waals surface area contributed by atoms with Gasteiger partial charge < -0.3 is 10.6 Å². The predicted molar refractivity (Wildman–Crippen MR) is 102 cm³/mol. The Morgan fingerprint density at radius 2 is 1.84 bits per heavy atom. The number of nitrogens with zero attached hydrogens (tertiary/aromatic N) is 1. The van der Waals surface area contributed by atoms with Gasteiger partial charge in [0.25, 0.3) is 0 Å². The Bertz CT molecular complexity index is 519. The fourth-order valence-electron chi connectivity index (χ4n) is 4.18. The van der Waals surface area contributed by atoms with Crippen LogP contribution in [-0.2, 0) is 4.79 Å². The van der Waals surface area contributed by atoms with Crippen molar-refractivity contribution in [3.05, 3.63) is 35.9 Å². The van der Waals surface area contributed by atoms with Gasteiger partial charge in [0, 0.05) is 31.6 Å². The molecule has 3 rings (SSSR count). The van der Waals surface area contributed by atoms with Crippen LogP contribution in [0.1, 0.15) is 57.1 Å². The molecule has 2 aliphatic rings. The molecule has 4 nitrogen and oxygen atoms in total. The van der Waals surface area contributed by atoms with E-state index in [1.165, 1.54) is 18.4 Å². The minimum atomic E-state index is 0.257. The van der Waals surface area contributed by atoms with Crippen LogP contribution in [0.3, 0.4) is 0 Å². The lowest BCUT2D eigenvalue weighted by molar-refractivity contribution is -0.122. The average molecular weight is 344 g/mol. The summed E-state index contributed by atoms with van der Waals surface area (Å²) >= 11 is 0. The molecule has 4 heteroatoms. The molecule has 2 saturated heterocycles. The number of likely N-dealkylation sites (tertiary alicyclic amines) is 1. The zero-order valence-electron chi connectivity index (χ0n) is 15.5. The van der Waals surface area contributed by atoms with Gasteiger partial charge in [0.1, 0.15) is 0 Å². The SMILES string of the molecule is CC(c1ccccc1)N1CCC(NC(=O)CCC2CCNCC2)CC1. The molecule has 1 atom stereocenters. The van der Waals surface area contributed by atoms with E-state index >= 15 is 0 Å². The Labute approximate surface area is 152 Å². The van der Waals surface area contributed by atoms with Crippen LogP contribution in [0.25, 0.3) is 0 Å². The van der Waals surface area contributed by atoms with Gasteiger partial charge in [-0.2, -0.15) is 0 Å². The van der Waals surface area contributed by atoms with Crippen LogP contribution < -0.4 is 10.6 Å².